The van der Waals surface area contributed by atoms with Gasteiger partial charge in [0.25, 0.3) is 0 Å². The summed E-state index contributed by atoms with van der Waals surface area (Å²) in [7, 11) is 1.82. The largest absolute Gasteiger partial charge is 0.488 e. The van der Waals surface area contributed by atoms with E-state index in [1.807, 2.05) is 13.2 Å². The highest BCUT2D eigenvalue weighted by Gasteiger charge is 2.36. The number of nitrogens with one attached hydrogen (secondary N) is 1. The number of ether oxygens (including phenoxy) is 2. The van der Waals surface area contributed by atoms with Crippen molar-refractivity contribution in [1.29, 1.82) is 0 Å². The number of benzene rings is 1. The molecule has 98 valence electrons. The molecule has 1 aromatic rings. The summed E-state index contributed by atoms with van der Waals surface area (Å²) in [5, 5.41) is 3.51. The summed E-state index contributed by atoms with van der Waals surface area (Å²) in [5.74, 6) is 1.05. The Bertz CT molecular complexity index is 384. The van der Waals surface area contributed by atoms with E-state index in [2.05, 4.69) is 23.5 Å². The molecule has 2 aliphatic rings. The normalized spacial score (nSPS) is 24.2. The highest BCUT2D eigenvalue weighted by molar-refractivity contribution is 5.37. The molecule has 0 spiro atoms. The van der Waals surface area contributed by atoms with Crippen LogP contribution in [0.25, 0.3) is 0 Å². The van der Waals surface area contributed by atoms with Crippen LogP contribution >= 0.6 is 0 Å². The van der Waals surface area contributed by atoms with Gasteiger partial charge in [0.1, 0.15) is 11.9 Å². The van der Waals surface area contributed by atoms with Crippen molar-refractivity contribution in [2.45, 2.75) is 37.4 Å². The van der Waals surface area contributed by atoms with Gasteiger partial charge in [-0.05, 0) is 30.9 Å². The fourth-order valence-electron chi connectivity index (χ4n) is 2.85. The van der Waals surface area contributed by atoms with Crippen LogP contribution < -0.4 is 10.1 Å². The van der Waals surface area contributed by atoms with Gasteiger partial charge in [-0.2, -0.15) is 0 Å². The maximum absolute atomic E-state index is 5.90. The number of para-hydroxylation sites is 1. The minimum Gasteiger partial charge on any atom is -0.488 e. The van der Waals surface area contributed by atoms with Crippen LogP contribution in [-0.2, 0) is 11.2 Å². The van der Waals surface area contributed by atoms with E-state index in [0.29, 0.717) is 0 Å². The monoisotopic (exact) mass is 247 g/mol. The van der Waals surface area contributed by atoms with E-state index >= 15 is 0 Å². The Kier molecular flexibility index (Phi) is 3.27. The summed E-state index contributed by atoms with van der Waals surface area (Å²) in [4.78, 5) is 0. The number of fused-ring (bicyclic) bond motifs is 1. The van der Waals surface area contributed by atoms with E-state index in [9.17, 15) is 0 Å². The molecule has 0 radical (unpaired) electrons. The topological polar surface area (TPSA) is 30.5 Å². The summed E-state index contributed by atoms with van der Waals surface area (Å²) in [6, 6.07) is 8.31. The van der Waals surface area contributed by atoms with Crippen molar-refractivity contribution in [3.05, 3.63) is 29.8 Å². The molecule has 1 heterocycles. The van der Waals surface area contributed by atoms with Gasteiger partial charge in [0.2, 0.25) is 0 Å². The summed E-state index contributed by atoms with van der Waals surface area (Å²) in [6.07, 6.45) is 4.95. The molecule has 1 unspecified atom stereocenters. The van der Waals surface area contributed by atoms with E-state index in [1.165, 1.54) is 24.8 Å². The van der Waals surface area contributed by atoms with Crippen molar-refractivity contribution in [2.75, 3.05) is 20.2 Å². The third-order valence-electron chi connectivity index (χ3n) is 4.23. The fraction of sp³-hybridized carbons (Fsp3) is 0.600. The van der Waals surface area contributed by atoms with Crippen molar-refractivity contribution in [2.24, 2.45) is 0 Å². The lowest BCUT2D eigenvalue weighted by atomic mass is 9.80. The van der Waals surface area contributed by atoms with E-state index in [4.69, 9.17) is 9.47 Å². The highest BCUT2D eigenvalue weighted by Crippen LogP contribution is 2.34. The van der Waals surface area contributed by atoms with Crippen LogP contribution in [0.1, 0.15) is 24.8 Å². The molecule has 3 nitrogen and oxygen atoms in total. The molecule has 0 aromatic heterocycles. The first-order valence-corrected chi connectivity index (χ1v) is 6.82. The number of hydrogen-bond acceptors (Lipinski definition) is 3. The summed E-state index contributed by atoms with van der Waals surface area (Å²) in [5.41, 5.74) is 1.43. The van der Waals surface area contributed by atoms with Crippen molar-refractivity contribution >= 4 is 0 Å². The third-order valence-corrected chi connectivity index (χ3v) is 4.23. The third kappa shape index (κ3) is 2.25. The Hall–Kier alpha value is -1.06. The molecular formula is C15H21NO2. The number of hydrogen-bond donors (Lipinski definition) is 1. The van der Waals surface area contributed by atoms with Gasteiger partial charge in [-0.3, -0.25) is 0 Å². The average molecular weight is 247 g/mol. The minimum absolute atomic E-state index is 0.103. The summed E-state index contributed by atoms with van der Waals surface area (Å²) < 4.78 is 11.5. The zero-order valence-electron chi connectivity index (χ0n) is 10.9. The van der Waals surface area contributed by atoms with Crippen LogP contribution in [0.15, 0.2) is 24.3 Å². The summed E-state index contributed by atoms with van der Waals surface area (Å²) in [6.45, 7) is 1.85. The molecule has 3 heteroatoms. The highest BCUT2D eigenvalue weighted by atomic mass is 16.5. The second-order valence-electron chi connectivity index (χ2n) is 5.42. The van der Waals surface area contributed by atoms with E-state index < -0.39 is 0 Å². The average Bonchev–Trinajstić information content (AvgIpc) is 2.75. The Morgan fingerprint density at radius 1 is 1.39 bits per heavy atom. The standard InChI is InChI=1S/C15H21NO2/c1-17-15(7-4-8-15)11-16-10-13-9-12-5-2-3-6-14(12)18-13/h2-3,5-6,13,16H,4,7-11H2,1H3. The fourth-order valence-corrected chi connectivity index (χ4v) is 2.85. The molecule has 1 aliphatic heterocycles. The van der Waals surface area contributed by atoms with Crippen LogP contribution in [0.3, 0.4) is 0 Å². The van der Waals surface area contributed by atoms with Gasteiger partial charge in [0.15, 0.2) is 0 Å². The second-order valence-corrected chi connectivity index (χ2v) is 5.42. The predicted molar refractivity (Wildman–Crippen MR) is 71.0 cm³/mol. The molecule has 18 heavy (non-hydrogen) atoms. The Labute approximate surface area is 108 Å². The molecule has 1 fully saturated rings. The predicted octanol–water partition coefficient (Wildman–Crippen LogP) is 2.15. The Balaban J connectivity index is 1.46. The van der Waals surface area contributed by atoms with Gasteiger partial charge in [0, 0.05) is 26.6 Å². The molecular weight excluding hydrogens is 226 g/mol. The first kappa shape index (κ1) is 12.0. The van der Waals surface area contributed by atoms with Gasteiger partial charge in [-0.25, -0.2) is 0 Å². The van der Waals surface area contributed by atoms with Crippen LogP contribution in [-0.4, -0.2) is 31.9 Å². The molecule has 3 rings (SSSR count). The maximum atomic E-state index is 5.90. The molecule has 0 amide bonds. The Morgan fingerprint density at radius 2 is 2.22 bits per heavy atom. The van der Waals surface area contributed by atoms with Crippen LogP contribution in [0.5, 0.6) is 5.75 Å². The van der Waals surface area contributed by atoms with Gasteiger partial charge >= 0.3 is 0 Å². The summed E-state index contributed by atoms with van der Waals surface area (Å²) >= 11 is 0. The zero-order valence-corrected chi connectivity index (χ0v) is 10.9. The molecule has 1 N–H and O–H groups in total. The van der Waals surface area contributed by atoms with Crippen LogP contribution in [0, 0.1) is 0 Å². The molecule has 1 aromatic carbocycles. The lowest BCUT2D eigenvalue weighted by Gasteiger charge is -2.40. The van der Waals surface area contributed by atoms with Gasteiger partial charge in [-0.15, -0.1) is 0 Å². The lowest BCUT2D eigenvalue weighted by Crippen LogP contribution is -2.49. The molecule has 0 bridgehead atoms. The molecule has 0 saturated heterocycles. The van der Waals surface area contributed by atoms with E-state index in [-0.39, 0.29) is 11.7 Å². The quantitative estimate of drug-likeness (QED) is 0.865. The minimum atomic E-state index is 0.103. The van der Waals surface area contributed by atoms with Crippen molar-refractivity contribution in [3.8, 4) is 5.75 Å². The van der Waals surface area contributed by atoms with Crippen molar-refractivity contribution < 1.29 is 9.47 Å². The van der Waals surface area contributed by atoms with Gasteiger partial charge in [-0.1, -0.05) is 18.2 Å². The van der Waals surface area contributed by atoms with Crippen LogP contribution in [0.2, 0.25) is 0 Å². The Morgan fingerprint density at radius 3 is 2.89 bits per heavy atom. The number of rotatable bonds is 5. The first-order chi connectivity index (χ1) is 8.81. The van der Waals surface area contributed by atoms with Crippen molar-refractivity contribution in [1.82, 2.24) is 5.32 Å². The van der Waals surface area contributed by atoms with Gasteiger partial charge < -0.3 is 14.8 Å². The maximum Gasteiger partial charge on any atom is 0.123 e. The van der Waals surface area contributed by atoms with E-state index in [0.717, 1.165) is 25.3 Å². The molecule has 1 atom stereocenters. The SMILES string of the molecule is COC1(CNCC2Cc3ccccc3O2)CCC1. The molecule has 1 saturated carbocycles. The molecule has 1 aliphatic carbocycles. The lowest BCUT2D eigenvalue weighted by molar-refractivity contribution is -0.0700. The smallest absolute Gasteiger partial charge is 0.123 e. The zero-order chi connectivity index (χ0) is 12.4. The van der Waals surface area contributed by atoms with Crippen LogP contribution in [0.4, 0.5) is 0 Å². The first-order valence-electron chi connectivity index (χ1n) is 6.82. The van der Waals surface area contributed by atoms with Gasteiger partial charge in [0.05, 0.1) is 5.60 Å². The number of methoxy groups -OCH3 is 1. The van der Waals surface area contributed by atoms with E-state index in [1.54, 1.807) is 0 Å². The second kappa shape index (κ2) is 4.90. The van der Waals surface area contributed by atoms with Crippen molar-refractivity contribution in [3.63, 3.8) is 0 Å².